The molecular weight excluding hydrogens is 468 g/mol. The summed E-state index contributed by atoms with van der Waals surface area (Å²) in [7, 11) is 0. The first kappa shape index (κ1) is 23.0. The van der Waals surface area contributed by atoms with Crippen molar-refractivity contribution in [3.05, 3.63) is 88.1 Å². The zero-order valence-corrected chi connectivity index (χ0v) is 19.8. The van der Waals surface area contributed by atoms with Crippen LogP contribution in [0.1, 0.15) is 36.1 Å². The molecule has 35 heavy (non-hydrogen) atoms. The lowest BCUT2D eigenvalue weighted by molar-refractivity contribution is -0.0132. The minimum Gasteiger partial charge on any atom is -0.245 e. The number of aryl methyl sites for hydroxylation is 1. The summed E-state index contributed by atoms with van der Waals surface area (Å²) in [5.74, 6) is -2.46. The molecule has 0 saturated carbocycles. The molecule has 3 aromatic heterocycles. The van der Waals surface area contributed by atoms with Crippen molar-refractivity contribution in [2.24, 2.45) is 0 Å². The summed E-state index contributed by atoms with van der Waals surface area (Å²) in [6.45, 7) is 2.36. The zero-order chi connectivity index (χ0) is 24.3. The quantitative estimate of drug-likeness (QED) is 0.293. The Morgan fingerprint density at radius 1 is 1.00 bits per heavy atom. The van der Waals surface area contributed by atoms with E-state index in [0.29, 0.717) is 30.2 Å². The molecule has 0 bridgehead atoms. The number of nitrogens with zero attached hydrogens (tertiary/aromatic N) is 6. The monoisotopic (exact) mass is 491 g/mol. The third-order valence-corrected chi connectivity index (χ3v) is 6.40. The van der Waals surface area contributed by atoms with Crippen LogP contribution in [0.4, 0.5) is 8.78 Å². The maximum atomic E-state index is 14.9. The van der Waals surface area contributed by atoms with Gasteiger partial charge in [-0.05, 0) is 50.7 Å². The summed E-state index contributed by atoms with van der Waals surface area (Å²) < 4.78 is 31.5. The summed E-state index contributed by atoms with van der Waals surface area (Å²) >= 11 is 1.40. The molecule has 1 N–H and O–H groups in total. The van der Waals surface area contributed by atoms with E-state index in [1.807, 2.05) is 55.5 Å². The van der Waals surface area contributed by atoms with Crippen LogP contribution < -0.4 is 0 Å². The van der Waals surface area contributed by atoms with Crippen LogP contribution in [0.2, 0.25) is 0 Å². The summed E-state index contributed by atoms with van der Waals surface area (Å²) in [5.41, 5.74) is 4.37. The Morgan fingerprint density at radius 3 is 2.49 bits per heavy atom. The van der Waals surface area contributed by atoms with Crippen molar-refractivity contribution in [1.82, 2.24) is 35.4 Å². The molecule has 3 heterocycles. The van der Waals surface area contributed by atoms with Crippen LogP contribution in [0.15, 0.2) is 65.4 Å². The number of H-pyrrole nitrogens is 1. The summed E-state index contributed by atoms with van der Waals surface area (Å²) in [6.07, 6.45) is 0.971. The van der Waals surface area contributed by atoms with E-state index >= 15 is 0 Å². The summed E-state index contributed by atoms with van der Waals surface area (Å²) in [5, 5.41) is 22.1. The van der Waals surface area contributed by atoms with E-state index in [-0.39, 0.29) is 0 Å². The van der Waals surface area contributed by atoms with E-state index in [1.54, 1.807) is 21.5 Å². The van der Waals surface area contributed by atoms with E-state index in [9.17, 15) is 8.78 Å². The molecular formula is C25H23F2N7S. The van der Waals surface area contributed by atoms with Gasteiger partial charge in [-0.1, -0.05) is 55.5 Å². The first-order valence-corrected chi connectivity index (χ1v) is 12.2. The molecule has 7 nitrogen and oxygen atoms in total. The standard InChI is InChI=1S/C25H23F2N7S/c1-2-5-22-28-24(25(26,27)14-18-12-13-35-16-18)31-34(22)15-17-8-10-19(11-9-17)20-6-3-4-7-21(20)23-29-32-33-30-23/h3-4,6-13,16H,2,5,14-15H2,1H3,(H,29,30,32,33). The van der Waals surface area contributed by atoms with Crippen LogP contribution in [-0.4, -0.2) is 35.4 Å². The van der Waals surface area contributed by atoms with Crippen molar-refractivity contribution < 1.29 is 8.78 Å². The fourth-order valence-electron chi connectivity index (χ4n) is 3.96. The second kappa shape index (κ2) is 9.83. The molecule has 0 aliphatic carbocycles. The molecule has 178 valence electrons. The van der Waals surface area contributed by atoms with Crippen molar-refractivity contribution in [2.45, 2.75) is 38.7 Å². The third kappa shape index (κ3) is 5.02. The molecule has 0 aliphatic rings. The maximum absolute atomic E-state index is 14.9. The Hall–Kier alpha value is -3.79. The average molecular weight is 492 g/mol. The highest BCUT2D eigenvalue weighted by Gasteiger charge is 2.37. The van der Waals surface area contributed by atoms with E-state index in [0.717, 1.165) is 28.7 Å². The average Bonchev–Trinajstić information content (AvgIpc) is 3.63. The number of nitrogens with one attached hydrogen (secondary N) is 1. The normalized spacial score (nSPS) is 11.7. The fourth-order valence-corrected chi connectivity index (χ4v) is 4.63. The minimum absolute atomic E-state index is 0.365. The fraction of sp³-hybridized carbons (Fsp3) is 0.240. The van der Waals surface area contributed by atoms with Gasteiger partial charge in [-0.25, -0.2) is 9.67 Å². The zero-order valence-electron chi connectivity index (χ0n) is 19.0. The SMILES string of the molecule is CCCc1nc(C(F)(F)Cc2ccsc2)nn1Cc1ccc(-c2ccccc2-c2nn[nH]n2)cc1. The molecule has 0 radical (unpaired) electrons. The Bertz CT molecular complexity index is 1380. The molecule has 0 saturated heterocycles. The largest absolute Gasteiger partial charge is 0.312 e. The van der Waals surface area contributed by atoms with Crippen LogP contribution in [-0.2, 0) is 25.3 Å². The lowest BCUT2D eigenvalue weighted by atomic mass is 9.98. The van der Waals surface area contributed by atoms with Crippen LogP contribution >= 0.6 is 11.3 Å². The number of alkyl halides is 2. The predicted molar refractivity (Wildman–Crippen MR) is 130 cm³/mol. The molecule has 0 spiro atoms. The van der Waals surface area contributed by atoms with Gasteiger partial charge in [-0.3, -0.25) is 0 Å². The number of thiophene rings is 1. The van der Waals surface area contributed by atoms with Crippen LogP contribution in [0.5, 0.6) is 0 Å². The third-order valence-electron chi connectivity index (χ3n) is 5.67. The van der Waals surface area contributed by atoms with Gasteiger partial charge in [0.25, 0.3) is 0 Å². The highest BCUT2D eigenvalue weighted by molar-refractivity contribution is 7.07. The van der Waals surface area contributed by atoms with Gasteiger partial charge >= 0.3 is 5.92 Å². The van der Waals surface area contributed by atoms with Crippen LogP contribution in [0, 0.1) is 0 Å². The number of benzene rings is 2. The molecule has 5 rings (SSSR count). The number of aromatic nitrogens is 7. The minimum atomic E-state index is -3.13. The number of hydrogen-bond acceptors (Lipinski definition) is 6. The first-order chi connectivity index (χ1) is 17.0. The van der Waals surface area contributed by atoms with Gasteiger partial charge in [0.1, 0.15) is 5.82 Å². The van der Waals surface area contributed by atoms with Crippen LogP contribution in [0.25, 0.3) is 22.5 Å². The van der Waals surface area contributed by atoms with Crippen molar-refractivity contribution >= 4 is 11.3 Å². The Morgan fingerprint density at radius 2 is 1.80 bits per heavy atom. The topological polar surface area (TPSA) is 85.2 Å². The van der Waals surface area contributed by atoms with Gasteiger partial charge in [0.15, 0.2) is 0 Å². The predicted octanol–water partition coefficient (Wildman–Crippen LogP) is 5.52. The number of tetrazole rings is 1. The highest BCUT2D eigenvalue weighted by Crippen LogP contribution is 2.32. The number of hydrogen-bond donors (Lipinski definition) is 1. The number of halogens is 2. The van der Waals surface area contributed by atoms with E-state index in [2.05, 4.69) is 30.7 Å². The highest BCUT2D eigenvalue weighted by atomic mass is 32.1. The second-order valence-electron chi connectivity index (χ2n) is 8.25. The van der Waals surface area contributed by atoms with Gasteiger partial charge in [0.05, 0.1) is 6.54 Å². The van der Waals surface area contributed by atoms with E-state index in [1.165, 1.54) is 11.3 Å². The Labute approximate surface area is 204 Å². The maximum Gasteiger partial charge on any atom is 0.312 e. The van der Waals surface area contributed by atoms with Gasteiger partial charge in [-0.15, -0.1) is 15.3 Å². The summed E-state index contributed by atoms with van der Waals surface area (Å²) in [6, 6.07) is 17.5. The molecule has 2 aromatic carbocycles. The molecule has 10 heteroatoms. The first-order valence-electron chi connectivity index (χ1n) is 11.3. The summed E-state index contributed by atoms with van der Waals surface area (Å²) in [4.78, 5) is 4.24. The lowest BCUT2D eigenvalue weighted by Crippen LogP contribution is -2.19. The lowest BCUT2D eigenvalue weighted by Gasteiger charge is -2.11. The smallest absolute Gasteiger partial charge is 0.245 e. The molecule has 0 atom stereocenters. The Balaban J connectivity index is 1.39. The van der Waals surface area contributed by atoms with Crippen molar-refractivity contribution in [2.75, 3.05) is 0 Å². The molecule has 0 amide bonds. The molecule has 5 aromatic rings. The van der Waals surface area contributed by atoms with E-state index < -0.39 is 18.2 Å². The molecule has 0 fully saturated rings. The number of aromatic amines is 1. The van der Waals surface area contributed by atoms with Crippen molar-refractivity contribution in [3.63, 3.8) is 0 Å². The van der Waals surface area contributed by atoms with Crippen molar-refractivity contribution in [1.29, 1.82) is 0 Å². The Kier molecular flexibility index (Phi) is 6.45. The van der Waals surface area contributed by atoms with Crippen LogP contribution in [0.3, 0.4) is 0 Å². The number of rotatable bonds is 9. The van der Waals surface area contributed by atoms with Crippen molar-refractivity contribution in [3.8, 4) is 22.5 Å². The van der Waals surface area contributed by atoms with E-state index in [4.69, 9.17) is 0 Å². The van der Waals surface area contributed by atoms with Gasteiger partial charge in [0.2, 0.25) is 11.6 Å². The molecule has 0 aliphatic heterocycles. The van der Waals surface area contributed by atoms with Gasteiger partial charge in [0, 0.05) is 18.4 Å². The van der Waals surface area contributed by atoms with Gasteiger partial charge < -0.3 is 0 Å². The van der Waals surface area contributed by atoms with Gasteiger partial charge in [-0.2, -0.15) is 25.3 Å². The molecule has 0 unspecified atom stereocenters. The second-order valence-corrected chi connectivity index (χ2v) is 9.03.